The molecule has 2 rings (SSSR count). The van der Waals surface area contributed by atoms with Gasteiger partial charge in [0, 0.05) is 0 Å². The molecule has 0 saturated heterocycles. The second-order valence-corrected chi connectivity index (χ2v) is 4.20. The summed E-state index contributed by atoms with van der Waals surface area (Å²) in [6.45, 7) is -1.40. The maximum absolute atomic E-state index is 12.9. The van der Waals surface area contributed by atoms with Crippen molar-refractivity contribution in [1.82, 2.24) is 5.32 Å². The van der Waals surface area contributed by atoms with Crippen molar-refractivity contribution in [2.75, 3.05) is 19.9 Å². The van der Waals surface area contributed by atoms with Gasteiger partial charge in [-0.1, -0.05) is 6.07 Å². The molecule has 104 valence electrons. The first-order chi connectivity index (χ1) is 9.00. The van der Waals surface area contributed by atoms with E-state index in [1.807, 2.05) is 0 Å². The molecule has 0 spiro atoms. The third-order valence-corrected chi connectivity index (χ3v) is 2.64. The van der Waals surface area contributed by atoms with Gasteiger partial charge >= 0.3 is 0 Å². The second-order valence-electron chi connectivity index (χ2n) is 4.20. The van der Waals surface area contributed by atoms with Crippen molar-refractivity contribution in [2.24, 2.45) is 5.73 Å². The number of benzene rings is 1. The Bertz CT molecular complexity index is 480. The number of halogens is 2. The van der Waals surface area contributed by atoms with Crippen molar-refractivity contribution < 1.29 is 23.0 Å². The van der Waals surface area contributed by atoms with E-state index in [4.69, 9.17) is 15.2 Å². The lowest BCUT2D eigenvalue weighted by Crippen LogP contribution is -2.42. The monoisotopic (exact) mass is 272 g/mol. The molecular formula is C12H14F2N2O3. The van der Waals surface area contributed by atoms with Crippen molar-refractivity contribution in [3.05, 3.63) is 23.8 Å². The van der Waals surface area contributed by atoms with Crippen molar-refractivity contribution in [1.29, 1.82) is 0 Å². The fourth-order valence-corrected chi connectivity index (χ4v) is 1.60. The molecule has 1 aromatic rings. The van der Waals surface area contributed by atoms with Crippen molar-refractivity contribution in [3.63, 3.8) is 0 Å². The van der Waals surface area contributed by atoms with Gasteiger partial charge in [-0.05, 0) is 17.7 Å². The summed E-state index contributed by atoms with van der Waals surface area (Å²) in [5.41, 5.74) is 5.54. The van der Waals surface area contributed by atoms with Crippen molar-refractivity contribution in [3.8, 4) is 11.5 Å². The Morgan fingerprint density at radius 3 is 2.84 bits per heavy atom. The summed E-state index contributed by atoms with van der Waals surface area (Å²) in [6.07, 6.45) is -0.00269. The highest BCUT2D eigenvalue weighted by Gasteiger charge is 2.27. The molecule has 1 aliphatic rings. The average Bonchev–Trinajstić information content (AvgIpc) is 2.84. The van der Waals surface area contributed by atoms with Crippen LogP contribution in [-0.2, 0) is 11.2 Å². The molecule has 0 atom stereocenters. The molecule has 0 aliphatic carbocycles. The van der Waals surface area contributed by atoms with Gasteiger partial charge in [-0.2, -0.15) is 0 Å². The molecule has 1 heterocycles. The summed E-state index contributed by atoms with van der Waals surface area (Å²) in [5.74, 6) is -2.41. The molecule has 1 aliphatic heterocycles. The smallest absolute Gasteiger partial charge is 0.277 e. The Labute approximate surface area is 108 Å². The van der Waals surface area contributed by atoms with E-state index < -0.39 is 24.9 Å². The topological polar surface area (TPSA) is 73.6 Å². The number of hydrogen-bond donors (Lipinski definition) is 2. The molecule has 5 nitrogen and oxygen atoms in total. The number of carbonyl (C=O) groups is 1. The molecule has 3 N–H and O–H groups in total. The Morgan fingerprint density at radius 2 is 2.11 bits per heavy atom. The van der Waals surface area contributed by atoms with E-state index in [1.54, 1.807) is 18.2 Å². The number of alkyl halides is 2. The Balaban J connectivity index is 1.89. The second kappa shape index (κ2) is 5.40. The molecule has 0 aromatic heterocycles. The largest absolute Gasteiger partial charge is 0.454 e. The van der Waals surface area contributed by atoms with Crippen LogP contribution < -0.4 is 20.5 Å². The predicted octanol–water partition coefficient (Wildman–Crippen LogP) is 0.668. The van der Waals surface area contributed by atoms with Crippen molar-refractivity contribution >= 4 is 5.91 Å². The Hall–Kier alpha value is -1.89. The fourth-order valence-electron chi connectivity index (χ4n) is 1.60. The number of ether oxygens (including phenoxy) is 2. The minimum absolute atomic E-state index is 0.00269. The Morgan fingerprint density at radius 1 is 1.37 bits per heavy atom. The molecular weight excluding hydrogens is 258 g/mol. The van der Waals surface area contributed by atoms with Crippen LogP contribution >= 0.6 is 0 Å². The maximum Gasteiger partial charge on any atom is 0.277 e. The molecule has 7 heteroatoms. The van der Waals surface area contributed by atoms with E-state index in [0.29, 0.717) is 17.1 Å². The van der Waals surface area contributed by atoms with Crippen LogP contribution in [0.2, 0.25) is 0 Å². The molecule has 0 bridgehead atoms. The molecule has 1 aromatic carbocycles. The zero-order valence-electron chi connectivity index (χ0n) is 10.1. The summed E-state index contributed by atoms with van der Waals surface area (Å²) in [5, 5.41) is 2.15. The van der Waals surface area contributed by atoms with E-state index in [9.17, 15) is 13.6 Å². The number of amides is 1. The third kappa shape index (κ3) is 3.54. The number of carbonyl (C=O) groups excluding carboxylic acids is 1. The number of fused-ring (bicyclic) bond motifs is 1. The minimum atomic E-state index is -3.08. The molecule has 0 unspecified atom stereocenters. The number of rotatable bonds is 5. The quantitative estimate of drug-likeness (QED) is 0.826. The van der Waals surface area contributed by atoms with E-state index >= 15 is 0 Å². The van der Waals surface area contributed by atoms with Gasteiger partial charge in [0.2, 0.25) is 12.7 Å². The highest BCUT2D eigenvalue weighted by molar-refractivity contribution is 5.78. The first-order valence-electron chi connectivity index (χ1n) is 5.73. The maximum atomic E-state index is 12.9. The lowest BCUT2D eigenvalue weighted by Gasteiger charge is -2.14. The number of hydrogen-bond acceptors (Lipinski definition) is 4. The van der Waals surface area contributed by atoms with Gasteiger partial charge in [0.25, 0.3) is 5.92 Å². The van der Waals surface area contributed by atoms with Gasteiger partial charge in [-0.3, -0.25) is 4.79 Å². The van der Waals surface area contributed by atoms with Crippen LogP contribution in [0.4, 0.5) is 8.78 Å². The van der Waals surface area contributed by atoms with Crippen molar-refractivity contribution in [2.45, 2.75) is 12.3 Å². The third-order valence-electron chi connectivity index (χ3n) is 2.64. The lowest BCUT2D eigenvalue weighted by atomic mass is 10.1. The fraction of sp³-hybridized carbons (Fsp3) is 0.417. The van der Waals surface area contributed by atoms with Crippen LogP contribution in [0.3, 0.4) is 0 Å². The van der Waals surface area contributed by atoms with E-state index in [0.717, 1.165) is 0 Å². The minimum Gasteiger partial charge on any atom is -0.454 e. The van der Waals surface area contributed by atoms with E-state index in [-0.39, 0.29) is 13.2 Å². The van der Waals surface area contributed by atoms with Gasteiger partial charge in [-0.15, -0.1) is 0 Å². The zero-order chi connectivity index (χ0) is 13.9. The molecule has 19 heavy (non-hydrogen) atoms. The lowest BCUT2D eigenvalue weighted by molar-refractivity contribution is -0.122. The summed E-state index contributed by atoms with van der Waals surface area (Å²) < 4.78 is 36.0. The van der Waals surface area contributed by atoms with Crippen LogP contribution in [0.25, 0.3) is 0 Å². The highest BCUT2D eigenvalue weighted by Crippen LogP contribution is 2.32. The zero-order valence-corrected chi connectivity index (χ0v) is 10.1. The van der Waals surface area contributed by atoms with Gasteiger partial charge in [0.05, 0.1) is 19.5 Å². The van der Waals surface area contributed by atoms with Gasteiger partial charge in [-0.25, -0.2) is 8.78 Å². The van der Waals surface area contributed by atoms with Gasteiger partial charge < -0.3 is 20.5 Å². The van der Waals surface area contributed by atoms with Crippen LogP contribution in [-0.4, -0.2) is 31.7 Å². The number of nitrogens with one attached hydrogen (secondary N) is 1. The Kier molecular flexibility index (Phi) is 3.84. The summed E-state index contributed by atoms with van der Waals surface area (Å²) in [7, 11) is 0. The van der Waals surface area contributed by atoms with Gasteiger partial charge in [0.15, 0.2) is 11.5 Å². The molecule has 1 amide bonds. The number of nitrogens with two attached hydrogens (primary N) is 1. The summed E-state index contributed by atoms with van der Waals surface area (Å²) in [4.78, 5) is 11.5. The van der Waals surface area contributed by atoms with E-state index in [2.05, 4.69) is 5.32 Å². The first kappa shape index (κ1) is 13.5. The first-order valence-corrected chi connectivity index (χ1v) is 5.73. The standard InChI is InChI=1S/C12H14F2N2O3/c13-12(14,5-15)6-16-11(17)4-8-1-2-9-10(3-8)19-7-18-9/h1-3H,4-7,15H2,(H,16,17). The van der Waals surface area contributed by atoms with Crippen LogP contribution in [0.15, 0.2) is 18.2 Å². The normalized spacial score (nSPS) is 13.4. The molecule has 0 fully saturated rings. The average molecular weight is 272 g/mol. The summed E-state index contributed by atoms with van der Waals surface area (Å²) in [6, 6.07) is 5.02. The van der Waals surface area contributed by atoms with E-state index in [1.165, 1.54) is 0 Å². The highest BCUT2D eigenvalue weighted by atomic mass is 19.3. The predicted molar refractivity (Wildman–Crippen MR) is 63.3 cm³/mol. The SMILES string of the molecule is NCC(F)(F)CNC(=O)Cc1ccc2c(c1)OCO2. The molecule has 0 radical (unpaired) electrons. The molecule has 0 saturated carbocycles. The summed E-state index contributed by atoms with van der Waals surface area (Å²) >= 11 is 0. The van der Waals surface area contributed by atoms with Crippen LogP contribution in [0.1, 0.15) is 5.56 Å². The van der Waals surface area contributed by atoms with Crippen LogP contribution in [0.5, 0.6) is 11.5 Å². The van der Waals surface area contributed by atoms with Crippen LogP contribution in [0, 0.1) is 0 Å². The van der Waals surface area contributed by atoms with Gasteiger partial charge in [0.1, 0.15) is 0 Å².